The number of hydrogen-bond acceptors (Lipinski definition) is 23. The Morgan fingerprint density at radius 3 is 1.16 bits per heavy atom. The van der Waals surface area contributed by atoms with Crippen molar-refractivity contribution >= 4 is 25.7 Å². The van der Waals surface area contributed by atoms with Crippen molar-refractivity contribution < 1.29 is 117 Å². The zero-order valence-corrected chi connectivity index (χ0v) is 63.5. The molecule has 0 aromatic rings. The van der Waals surface area contributed by atoms with Crippen LogP contribution in [0.1, 0.15) is 316 Å². The Bertz CT molecular complexity index is 2190. The fourth-order valence-electron chi connectivity index (χ4n) is 13.3. The number of phosphoric acid groups is 1. The van der Waals surface area contributed by atoms with E-state index in [0.717, 1.165) is 89.5 Å². The molecule has 3 fully saturated rings. The van der Waals surface area contributed by atoms with Gasteiger partial charge in [-0.1, -0.05) is 296 Å². The maximum Gasteiger partial charge on any atom is 0.472 e. The smallest absolute Gasteiger partial charge is 0.462 e. The second kappa shape index (κ2) is 58.5. The Morgan fingerprint density at radius 2 is 0.755 bits per heavy atom. The molecule has 2 heterocycles. The van der Waals surface area contributed by atoms with Crippen molar-refractivity contribution in [2.24, 2.45) is 0 Å². The van der Waals surface area contributed by atoms with Crippen LogP contribution in [0.25, 0.3) is 0 Å². The van der Waals surface area contributed by atoms with Crippen molar-refractivity contribution in [3.05, 3.63) is 24.3 Å². The Balaban J connectivity index is 1.72. The molecule has 2 saturated heterocycles. The minimum absolute atomic E-state index is 0.0378. The predicted molar refractivity (Wildman–Crippen MR) is 388 cm³/mol. The molecule has 3 rings (SSSR count). The van der Waals surface area contributed by atoms with Gasteiger partial charge in [-0.3, -0.25) is 18.6 Å². The molecule has 0 amide bonds. The first-order chi connectivity index (χ1) is 49.3. The van der Waals surface area contributed by atoms with Gasteiger partial charge in [0.05, 0.1) is 13.2 Å². The molecule has 18 atom stereocenters. The highest BCUT2D eigenvalue weighted by Gasteiger charge is 2.58. The average molecular weight is 1480 g/mol. The first kappa shape index (κ1) is 93.6. The van der Waals surface area contributed by atoms with Crippen LogP contribution >= 0.6 is 7.82 Å². The summed E-state index contributed by atoms with van der Waals surface area (Å²) in [7, 11) is -5.71. The van der Waals surface area contributed by atoms with Crippen molar-refractivity contribution in [2.75, 3.05) is 26.4 Å². The quantitative estimate of drug-likeness (QED) is 0.00673. The number of phosphoric ester groups is 1. The zero-order valence-electron chi connectivity index (χ0n) is 62.7. The Labute approximate surface area is 611 Å². The molecule has 1 saturated carbocycles. The van der Waals surface area contributed by atoms with Gasteiger partial charge in [-0.25, -0.2) is 9.36 Å². The van der Waals surface area contributed by atoms with Crippen molar-refractivity contribution in [1.29, 1.82) is 0 Å². The Kier molecular flexibility index (Phi) is 53.7. The third kappa shape index (κ3) is 40.6. The van der Waals surface area contributed by atoms with Crippen molar-refractivity contribution in [3.8, 4) is 0 Å². The van der Waals surface area contributed by atoms with Gasteiger partial charge >= 0.3 is 25.7 Å². The number of aliphatic hydroxyl groups is 10. The summed E-state index contributed by atoms with van der Waals surface area (Å²) in [6, 6.07) is 0. The highest BCUT2D eigenvalue weighted by Crippen LogP contribution is 2.49. The van der Waals surface area contributed by atoms with Gasteiger partial charge in [0.2, 0.25) is 0 Å². The first-order valence-electron chi connectivity index (χ1n) is 40.2. The van der Waals surface area contributed by atoms with E-state index in [-0.39, 0.29) is 12.8 Å². The molecule has 102 heavy (non-hydrogen) atoms. The van der Waals surface area contributed by atoms with Crippen LogP contribution < -0.4 is 0 Å². The Morgan fingerprint density at radius 1 is 0.402 bits per heavy atom. The molecular weight excluding hydrogens is 1340 g/mol. The van der Waals surface area contributed by atoms with Crippen molar-refractivity contribution in [2.45, 2.75) is 420 Å². The highest BCUT2D eigenvalue weighted by atomic mass is 31.2. The van der Waals surface area contributed by atoms with Gasteiger partial charge in [0, 0.05) is 18.9 Å². The molecule has 3 aliphatic rings. The molecule has 1 aliphatic carbocycles. The molecule has 2 aliphatic heterocycles. The minimum atomic E-state index is -5.71. The van der Waals surface area contributed by atoms with Crippen LogP contribution in [0.4, 0.5) is 0 Å². The molecule has 0 radical (unpaired) electrons. The number of hydrogen-bond donors (Lipinski definition) is 11. The monoisotopic (exact) mass is 1480 g/mol. The summed E-state index contributed by atoms with van der Waals surface area (Å²) >= 11 is 0. The molecule has 598 valence electrons. The van der Waals surface area contributed by atoms with E-state index >= 15 is 0 Å². The van der Waals surface area contributed by atoms with Crippen LogP contribution in [-0.4, -0.2) is 204 Å². The van der Waals surface area contributed by atoms with Crippen LogP contribution in [0.15, 0.2) is 24.3 Å². The minimum Gasteiger partial charge on any atom is -0.462 e. The van der Waals surface area contributed by atoms with E-state index in [4.69, 9.17) is 42.2 Å². The number of carbonyl (C=O) groups is 3. The number of aliphatic hydroxyl groups excluding tert-OH is 10. The molecular formula is C77H141O24P. The van der Waals surface area contributed by atoms with E-state index in [9.17, 15) is 74.9 Å². The van der Waals surface area contributed by atoms with E-state index in [0.29, 0.717) is 12.8 Å². The van der Waals surface area contributed by atoms with Crippen LogP contribution in [0.2, 0.25) is 0 Å². The molecule has 0 spiro atoms. The topological polar surface area (TPSA) is 374 Å². The number of allylic oxidation sites excluding steroid dienone is 3. The summed E-state index contributed by atoms with van der Waals surface area (Å²) in [6.45, 7) is 3.41. The first-order valence-corrected chi connectivity index (χ1v) is 41.7. The van der Waals surface area contributed by atoms with E-state index in [1.54, 1.807) is 6.08 Å². The maximum absolute atomic E-state index is 14.4. The maximum atomic E-state index is 14.4. The fraction of sp³-hybridized carbons (Fsp3) is 0.909. The Hall–Kier alpha value is -2.56. The summed E-state index contributed by atoms with van der Waals surface area (Å²) in [4.78, 5) is 51.0. The molecule has 0 bridgehead atoms. The van der Waals surface area contributed by atoms with Gasteiger partial charge in [-0.2, -0.15) is 0 Å². The number of unbranched alkanes of at least 4 members (excludes halogenated alkanes) is 41. The van der Waals surface area contributed by atoms with E-state index in [2.05, 4.69) is 20.8 Å². The molecule has 11 N–H and O–H groups in total. The summed E-state index contributed by atoms with van der Waals surface area (Å²) < 4.78 is 65.0. The van der Waals surface area contributed by atoms with Crippen molar-refractivity contribution in [1.82, 2.24) is 0 Å². The van der Waals surface area contributed by atoms with Gasteiger partial charge < -0.3 is 89.1 Å². The van der Waals surface area contributed by atoms with Gasteiger partial charge in [0.15, 0.2) is 18.7 Å². The molecule has 25 heteroatoms. The van der Waals surface area contributed by atoms with Gasteiger partial charge in [0.25, 0.3) is 0 Å². The molecule has 0 aromatic carbocycles. The lowest BCUT2D eigenvalue weighted by atomic mass is 9.84. The SMILES string of the molecule is CCCCCCCCCCCCC/C=C/C=C/C(=O)OCC1OC(OC2C(O)C(O)C(O)C(OC3OC(CO)C(O)C(O)C3O)C2OP(=O)(O)OCC(COC(=O)CCCCCCCCCCCCCCCCCC)OC(=O)CCCCCCCCCCCCCCCCCC)C(O)C(O)C1O. The standard InChI is InChI=1S/C77H141O24P/c1-4-7-10-13-16-19-22-25-28-31-34-36-39-42-45-48-51-61(79)93-55-58(96-63(81)53-50-47-44-41-38-35-32-29-26-23-20-17-14-11-8-5-2)56-95-102(91,92)101-75-73(99-76-71(89)66(84)64(82)59(54-78)97-76)69(87)68(86)70(88)74(75)100-77-72(90)67(85)65(83)60(98-77)57-94-62(80)52-49-46-43-40-37-33-30-27-24-21-18-15-12-9-6-3/h43,46,49,52,58-60,64-78,82-90H,4-42,44-45,47-48,50-51,53-57H2,1-3H3,(H,91,92)/b46-43+,52-49+. The summed E-state index contributed by atoms with van der Waals surface area (Å²) in [6.07, 6.45) is 21.3. The van der Waals surface area contributed by atoms with E-state index < -0.39 is 156 Å². The summed E-state index contributed by atoms with van der Waals surface area (Å²) in [5, 5.41) is 110. The van der Waals surface area contributed by atoms with Gasteiger partial charge in [-0.15, -0.1) is 0 Å². The summed E-state index contributed by atoms with van der Waals surface area (Å²) in [5.41, 5.74) is 0. The van der Waals surface area contributed by atoms with E-state index in [1.165, 1.54) is 192 Å². The number of ether oxygens (including phenoxy) is 7. The molecule has 24 nitrogen and oxygen atoms in total. The third-order valence-electron chi connectivity index (χ3n) is 19.8. The van der Waals surface area contributed by atoms with Crippen molar-refractivity contribution in [3.63, 3.8) is 0 Å². The van der Waals surface area contributed by atoms with E-state index in [1.807, 2.05) is 6.08 Å². The average Bonchev–Trinajstić information content (AvgIpc) is 0.761. The molecule has 18 unspecified atom stereocenters. The number of esters is 3. The summed E-state index contributed by atoms with van der Waals surface area (Å²) in [5.74, 6) is -2.21. The lowest BCUT2D eigenvalue weighted by Crippen LogP contribution is -2.69. The fourth-order valence-corrected chi connectivity index (χ4v) is 14.3. The molecule has 0 aromatic heterocycles. The lowest BCUT2D eigenvalue weighted by molar-refractivity contribution is -0.360. The number of rotatable bonds is 63. The second-order valence-electron chi connectivity index (χ2n) is 28.9. The predicted octanol–water partition coefficient (Wildman–Crippen LogP) is 12.1. The zero-order chi connectivity index (χ0) is 74.6. The third-order valence-corrected chi connectivity index (χ3v) is 20.8. The normalized spacial score (nSPS) is 27.1. The van der Waals surface area contributed by atoms with Crippen LogP contribution in [0.5, 0.6) is 0 Å². The van der Waals surface area contributed by atoms with Gasteiger partial charge in [-0.05, 0) is 25.7 Å². The van der Waals surface area contributed by atoms with Crippen LogP contribution in [-0.2, 0) is 61.2 Å². The van der Waals surface area contributed by atoms with Crippen LogP contribution in [0, 0.1) is 0 Å². The van der Waals surface area contributed by atoms with Crippen LogP contribution in [0.3, 0.4) is 0 Å². The largest absolute Gasteiger partial charge is 0.472 e. The number of carbonyl (C=O) groups excluding carboxylic acids is 3. The lowest BCUT2D eigenvalue weighted by Gasteiger charge is -2.49. The van der Waals surface area contributed by atoms with Gasteiger partial charge in [0.1, 0.15) is 98.7 Å². The second-order valence-corrected chi connectivity index (χ2v) is 30.3. The highest BCUT2D eigenvalue weighted by molar-refractivity contribution is 7.47.